The van der Waals surface area contributed by atoms with Gasteiger partial charge in [0.2, 0.25) is 23.9 Å². The Morgan fingerprint density at radius 2 is 1.33 bits per heavy atom. The first kappa shape index (κ1) is 45.4. The number of carbonyl (C=O) groups is 6. The zero-order valence-corrected chi connectivity index (χ0v) is 36.3. The van der Waals surface area contributed by atoms with Crippen LogP contribution in [0, 0.1) is 29.3 Å². The molecule has 0 spiro atoms. The van der Waals surface area contributed by atoms with Crippen LogP contribution in [0.2, 0.25) is 0 Å². The van der Waals surface area contributed by atoms with E-state index < -0.39 is 71.8 Å². The van der Waals surface area contributed by atoms with Gasteiger partial charge in [-0.2, -0.15) is 0 Å². The highest BCUT2D eigenvalue weighted by Crippen LogP contribution is 2.45. The molecular formula is C46H51F3N6O9. The molecule has 4 aromatic rings. The number of nitrogens with one attached hydrogen (secondary N) is 3. The molecule has 7 rings (SSSR count). The number of halogens is 3. The van der Waals surface area contributed by atoms with Gasteiger partial charge in [0.1, 0.15) is 23.9 Å². The van der Waals surface area contributed by atoms with E-state index in [0.29, 0.717) is 72.2 Å². The minimum atomic E-state index is -1.64. The fourth-order valence-electron chi connectivity index (χ4n) is 8.84. The van der Waals surface area contributed by atoms with Crippen LogP contribution in [-0.2, 0) is 35.1 Å². The number of likely N-dealkylation sites (tertiary alicyclic amines) is 2. The molecule has 3 N–H and O–H groups in total. The number of alkyl carbamates (subject to hydrolysis) is 2. The number of rotatable bonds is 12. The largest absolute Gasteiger partial charge is 0.465 e. The fourth-order valence-corrected chi connectivity index (χ4v) is 8.84. The van der Waals surface area contributed by atoms with E-state index in [1.165, 1.54) is 24.0 Å². The van der Waals surface area contributed by atoms with Gasteiger partial charge in [-0.1, -0.05) is 33.8 Å². The lowest BCUT2D eigenvalue weighted by atomic mass is 9.99. The monoisotopic (exact) mass is 888 g/mol. The molecule has 0 aliphatic carbocycles. The molecule has 5 atom stereocenters. The Morgan fingerprint density at radius 3 is 1.91 bits per heavy atom. The summed E-state index contributed by atoms with van der Waals surface area (Å²) >= 11 is 0. The molecule has 5 amide bonds. The van der Waals surface area contributed by atoms with Gasteiger partial charge in [-0.3, -0.25) is 19.2 Å². The summed E-state index contributed by atoms with van der Waals surface area (Å²) in [6.45, 7) is 7.78. The molecule has 0 unspecified atom stereocenters. The number of hydrogen-bond donors (Lipinski definition) is 3. The second-order valence-electron chi connectivity index (χ2n) is 17.0. The number of ether oxygens (including phenoxy) is 3. The number of benzene rings is 3. The van der Waals surface area contributed by atoms with Crippen molar-refractivity contribution >= 4 is 52.3 Å². The van der Waals surface area contributed by atoms with Crippen LogP contribution in [-0.4, -0.2) is 102 Å². The summed E-state index contributed by atoms with van der Waals surface area (Å²) in [7, 11) is 2.40. The van der Waals surface area contributed by atoms with Crippen LogP contribution >= 0.6 is 0 Å². The van der Waals surface area contributed by atoms with Crippen molar-refractivity contribution in [2.75, 3.05) is 32.6 Å². The van der Waals surface area contributed by atoms with Gasteiger partial charge in [0, 0.05) is 47.8 Å². The summed E-state index contributed by atoms with van der Waals surface area (Å²) in [5.74, 6) is -6.25. The van der Waals surface area contributed by atoms with E-state index in [2.05, 4.69) is 16.0 Å². The number of carbonyl (C=O) groups excluding carboxylic acids is 6. The third kappa shape index (κ3) is 8.95. The molecule has 0 saturated carbocycles. The van der Waals surface area contributed by atoms with E-state index in [1.54, 1.807) is 62.6 Å². The van der Waals surface area contributed by atoms with Crippen molar-refractivity contribution in [3.05, 3.63) is 83.2 Å². The van der Waals surface area contributed by atoms with Crippen LogP contribution in [0.3, 0.4) is 0 Å². The molecule has 0 radical (unpaired) electrons. The molecule has 3 aliphatic rings. The van der Waals surface area contributed by atoms with E-state index >= 15 is 0 Å². The second-order valence-corrected chi connectivity index (χ2v) is 17.0. The standard InChI is InChI=1S/C46H51F3N6O9/c1-23(2)39(51-45(60)62-5)42(58)53-15-7-9-33(53)36(56)18-25-11-14-32-26(17-25)21-35-29-13-12-28(22-37(29)64-44(55(32)35)27-19-30(47)38(49)31(48)20-27)50-41(57)34-10-8-16-54(34)43(59)40(24(3)4)52-46(61)63-6/h11-14,17,19-24,33-34,39-40,44H,7-10,15-16,18H2,1-6H3,(H,50,57)(H,51,60)(H,52,61)/t33-,34-,39-,40-,44-/m0/s1. The molecule has 340 valence electrons. The van der Waals surface area contributed by atoms with Crippen molar-refractivity contribution in [1.29, 1.82) is 0 Å². The van der Waals surface area contributed by atoms with Crippen LogP contribution in [0.1, 0.15) is 70.7 Å². The third-order valence-corrected chi connectivity index (χ3v) is 12.1. The highest BCUT2D eigenvalue weighted by atomic mass is 19.2. The summed E-state index contributed by atoms with van der Waals surface area (Å²) < 4.78 is 61.4. The van der Waals surface area contributed by atoms with Crippen LogP contribution in [0.5, 0.6) is 5.75 Å². The number of hydrogen-bond acceptors (Lipinski definition) is 9. The van der Waals surface area contributed by atoms with Crippen molar-refractivity contribution in [2.24, 2.45) is 11.8 Å². The number of methoxy groups -OCH3 is 2. The zero-order valence-electron chi connectivity index (χ0n) is 36.3. The van der Waals surface area contributed by atoms with Gasteiger partial charge in [-0.05, 0) is 85.5 Å². The molecule has 15 nitrogen and oxygen atoms in total. The smallest absolute Gasteiger partial charge is 0.407 e. The van der Waals surface area contributed by atoms with Gasteiger partial charge < -0.3 is 44.5 Å². The fraction of sp³-hybridized carbons (Fsp3) is 0.435. The predicted molar refractivity (Wildman–Crippen MR) is 228 cm³/mol. The van der Waals surface area contributed by atoms with Gasteiger partial charge in [0.15, 0.2) is 23.2 Å². The molecule has 0 bridgehead atoms. The van der Waals surface area contributed by atoms with E-state index in [9.17, 15) is 41.9 Å². The lowest BCUT2D eigenvalue weighted by molar-refractivity contribution is -0.139. The number of amides is 5. The number of ketones is 1. The van der Waals surface area contributed by atoms with Crippen molar-refractivity contribution in [2.45, 2.75) is 90.2 Å². The molecule has 1 aromatic heterocycles. The minimum Gasteiger partial charge on any atom is -0.465 e. The SMILES string of the molecule is COC(=O)N[C@H](C(=O)N1CCC[C@H]1C(=O)Cc1ccc2c(c1)cc1n2[C@H](c2cc(F)c(F)c(F)c2)Oc2cc(NC(=O)[C@@H]3CCCN3C(=O)[C@@H](NC(=O)OC)C(C)C)ccc2-1)C(C)C. The number of Topliss-reactive ketones (excluding diaryl/α,β-unsaturated/α-hetero) is 1. The normalized spacial score (nSPS) is 18.8. The average molecular weight is 889 g/mol. The highest BCUT2D eigenvalue weighted by molar-refractivity contribution is 6.00. The molecule has 3 aromatic carbocycles. The zero-order chi connectivity index (χ0) is 46.1. The van der Waals surface area contributed by atoms with E-state index in [0.717, 1.165) is 12.1 Å². The molecule has 2 fully saturated rings. The Hall–Kier alpha value is -6.59. The van der Waals surface area contributed by atoms with Gasteiger partial charge in [0.05, 0.1) is 31.5 Å². The lowest BCUT2D eigenvalue weighted by Crippen LogP contribution is -2.54. The number of nitrogens with zero attached hydrogens (tertiary/aromatic N) is 3. The molecule has 3 aliphatic heterocycles. The van der Waals surface area contributed by atoms with Crippen molar-refractivity contribution in [3.8, 4) is 17.0 Å². The number of fused-ring (bicyclic) bond motifs is 5. The van der Waals surface area contributed by atoms with Crippen molar-refractivity contribution < 1.29 is 56.1 Å². The summed E-state index contributed by atoms with van der Waals surface area (Å²) in [6, 6.07) is 10.4. The van der Waals surface area contributed by atoms with Crippen molar-refractivity contribution in [3.63, 3.8) is 0 Å². The maximum atomic E-state index is 14.8. The van der Waals surface area contributed by atoms with Gasteiger partial charge in [-0.25, -0.2) is 22.8 Å². The quantitative estimate of drug-likeness (QED) is 0.135. The highest BCUT2D eigenvalue weighted by Gasteiger charge is 2.41. The lowest BCUT2D eigenvalue weighted by Gasteiger charge is -2.31. The maximum Gasteiger partial charge on any atom is 0.407 e. The Labute approximate surface area is 367 Å². The first-order valence-electron chi connectivity index (χ1n) is 21.2. The summed E-state index contributed by atoms with van der Waals surface area (Å²) in [5.41, 5.74) is 2.59. The first-order valence-corrected chi connectivity index (χ1v) is 21.2. The molecular weight excluding hydrogens is 838 g/mol. The van der Waals surface area contributed by atoms with Gasteiger partial charge >= 0.3 is 12.2 Å². The van der Waals surface area contributed by atoms with Crippen molar-refractivity contribution in [1.82, 2.24) is 25.0 Å². The summed E-state index contributed by atoms with van der Waals surface area (Å²) in [5, 5.41) is 8.66. The Morgan fingerprint density at radius 1 is 0.750 bits per heavy atom. The summed E-state index contributed by atoms with van der Waals surface area (Å²) in [4.78, 5) is 81.9. The maximum absolute atomic E-state index is 14.8. The summed E-state index contributed by atoms with van der Waals surface area (Å²) in [6.07, 6.45) is -0.737. The first-order chi connectivity index (χ1) is 30.5. The van der Waals surface area contributed by atoms with Crippen LogP contribution < -0.4 is 20.7 Å². The Kier molecular flexibility index (Phi) is 13.2. The molecule has 4 heterocycles. The number of anilines is 1. The predicted octanol–water partition coefficient (Wildman–Crippen LogP) is 6.46. The molecule has 18 heteroatoms. The van der Waals surface area contributed by atoms with Crippen LogP contribution in [0.15, 0.2) is 54.6 Å². The third-order valence-electron chi connectivity index (χ3n) is 12.1. The Bertz CT molecular complexity index is 2490. The average Bonchev–Trinajstić information content (AvgIpc) is 4.05. The van der Waals surface area contributed by atoms with Crippen LogP contribution in [0.4, 0.5) is 28.4 Å². The number of aromatic nitrogens is 1. The van der Waals surface area contributed by atoms with Gasteiger partial charge in [0.25, 0.3) is 0 Å². The van der Waals surface area contributed by atoms with Crippen LogP contribution in [0.25, 0.3) is 22.2 Å². The topological polar surface area (TPSA) is 178 Å². The molecule has 64 heavy (non-hydrogen) atoms. The van der Waals surface area contributed by atoms with E-state index in [-0.39, 0.29) is 41.3 Å². The van der Waals surface area contributed by atoms with E-state index in [1.807, 2.05) is 12.1 Å². The van der Waals surface area contributed by atoms with E-state index in [4.69, 9.17) is 14.2 Å². The van der Waals surface area contributed by atoms with Gasteiger partial charge in [-0.15, -0.1) is 0 Å². The Balaban J connectivity index is 1.17. The second kappa shape index (κ2) is 18.6. The minimum absolute atomic E-state index is 0.0143. The molecule has 2 saturated heterocycles.